The molecule has 0 unspecified atom stereocenters. The van der Waals surface area contributed by atoms with Crippen LogP contribution in [-0.2, 0) is 6.54 Å². The molecular weight excluding hydrogens is 249 g/mol. The van der Waals surface area contributed by atoms with Crippen LogP contribution in [0.1, 0.15) is 5.56 Å². The smallest absolute Gasteiger partial charge is 0.166 e. The Morgan fingerprint density at radius 2 is 1.84 bits per heavy atom. The van der Waals surface area contributed by atoms with Crippen LogP contribution >= 0.6 is 0 Å². The van der Waals surface area contributed by atoms with Crippen molar-refractivity contribution >= 4 is 5.69 Å². The van der Waals surface area contributed by atoms with Gasteiger partial charge in [-0.3, -0.25) is 0 Å². The molecule has 0 atom stereocenters. The summed E-state index contributed by atoms with van der Waals surface area (Å²) in [6.07, 6.45) is 0. The second kappa shape index (κ2) is 5.48. The van der Waals surface area contributed by atoms with E-state index in [9.17, 15) is 9.50 Å². The number of hydrogen-bond donors (Lipinski definition) is 3. The van der Waals surface area contributed by atoms with Crippen LogP contribution in [0.4, 0.5) is 10.1 Å². The first-order chi connectivity index (χ1) is 9.10. The van der Waals surface area contributed by atoms with E-state index in [-0.39, 0.29) is 5.75 Å². The van der Waals surface area contributed by atoms with Crippen LogP contribution in [0.5, 0.6) is 17.2 Å². The number of benzene rings is 2. The number of phenols is 2. The molecule has 0 aliphatic carbocycles. The maximum Gasteiger partial charge on any atom is 0.166 e. The Balaban J connectivity index is 2.11. The van der Waals surface area contributed by atoms with Gasteiger partial charge < -0.3 is 20.3 Å². The van der Waals surface area contributed by atoms with Crippen LogP contribution in [0, 0.1) is 5.82 Å². The molecule has 0 saturated heterocycles. The highest BCUT2D eigenvalue weighted by atomic mass is 19.1. The number of anilines is 1. The molecule has 0 heterocycles. The lowest BCUT2D eigenvalue weighted by atomic mass is 10.2. The fourth-order valence-electron chi connectivity index (χ4n) is 1.64. The molecule has 100 valence electrons. The third-order valence-corrected chi connectivity index (χ3v) is 2.72. The van der Waals surface area contributed by atoms with Crippen LogP contribution in [0.15, 0.2) is 36.4 Å². The van der Waals surface area contributed by atoms with Crippen LogP contribution in [0.25, 0.3) is 0 Å². The van der Waals surface area contributed by atoms with Gasteiger partial charge in [-0.05, 0) is 30.3 Å². The number of rotatable bonds is 4. The molecule has 0 aromatic heterocycles. The van der Waals surface area contributed by atoms with Gasteiger partial charge in [-0.1, -0.05) is 0 Å². The van der Waals surface area contributed by atoms with Crippen molar-refractivity contribution in [2.45, 2.75) is 6.54 Å². The lowest BCUT2D eigenvalue weighted by Crippen LogP contribution is -2.00. The van der Waals surface area contributed by atoms with Crippen LogP contribution in [0.3, 0.4) is 0 Å². The summed E-state index contributed by atoms with van der Waals surface area (Å²) in [7, 11) is 1.54. The molecule has 0 aliphatic heterocycles. The van der Waals surface area contributed by atoms with Crippen molar-refractivity contribution in [3.8, 4) is 17.2 Å². The van der Waals surface area contributed by atoms with Gasteiger partial charge in [0.15, 0.2) is 11.6 Å². The molecule has 2 aromatic carbocycles. The molecule has 0 bridgehead atoms. The number of nitrogens with one attached hydrogen (secondary N) is 1. The molecule has 0 aliphatic rings. The van der Waals surface area contributed by atoms with Gasteiger partial charge in [0.2, 0.25) is 0 Å². The van der Waals surface area contributed by atoms with Crippen molar-refractivity contribution < 1.29 is 19.3 Å². The Kier molecular flexibility index (Phi) is 3.75. The van der Waals surface area contributed by atoms with Gasteiger partial charge in [0.05, 0.1) is 7.11 Å². The largest absolute Gasteiger partial charge is 0.508 e. The predicted octanol–water partition coefficient (Wildman–Crippen LogP) is 2.86. The van der Waals surface area contributed by atoms with Crippen LogP contribution < -0.4 is 10.1 Å². The Labute approximate surface area is 110 Å². The van der Waals surface area contributed by atoms with Gasteiger partial charge >= 0.3 is 0 Å². The summed E-state index contributed by atoms with van der Waals surface area (Å²) in [4.78, 5) is 0. The third-order valence-electron chi connectivity index (χ3n) is 2.72. The number of halogens is 1. The quantitative estimate of drug-likeness (QED) is 0.742. The van der Waals surface area contributed by atoms with E-state index in [4.69, 9.17) is 9.84 Å². The highest BCUT2D eigenvalue weighted by Gasteiger charge is 2.05. The fraction of sp³-hybridized carbons (Fsp3) is 0.143. The molecule has 3 N–H and O–H groups in total. The molecule has 0 saturated carbocycles. The molecule has 5 heteroatoms. The third kappa shape index (κ3) is 3.07. The monoisotopic (exact) mass is 263 g/mol. The predicted molar refractivity (Wildman–Crippen MR) is 70.1 cm³/mol. The van der Waals surface area contributed by atoms with Gasteiger partial charge in [-0.25, -0.2) is 4.39 Å². The minimum Gasteiger partial charge on any atom is -0.508 e. The van der Waals surface area contributed by atoms with E-state index >= 15 is 0 Å². The first-order valence-electron chi connectivity index (χ1n) is 5.68. The summed E-state index contributed by atoms with van der Waals surface area (Å²) in [6, 6.07) is 8.89. The Morgan fingerprint density at radius 3 is 2.53 bits per heavy atom. The normalized spacial score (nSPS) is 10.2. The van der Waals surface area contributed by atoms with Crippen molar-refractivity contribution in [3.63, 3.8) is 0 Å². The maximum absolute atomic E-state index is 13.1. The number of phenolic OH excluding ortho intramolecular Hbond substituents is 2. The van der Waals surface area contributed by atoms with Gasteiger partial charge in [0.25, 0.3) is 0 Å². The number of ether oxygens (including phenoxy) is 1. The zero-order valence-corrected chi connectivity index (χ0v) is 10.4. The molecular formula is C14H14FNO3. The van der Waals surface area contributed by atoms with E-state index in [0.29, 0.717) is 23.5 Å². The summed E-state index contributed by atoms with van der Waals surface area (Å²) in [5.74, 6) is -0.325. The van der Waals surface area contributed by atoms with Gasteiger partial charge in [0.1, 0.15) is 11.5 Å². The molecule has 2 rings (SSSR count). The number of hydrogen-bond acceptors (Lipinski definition) is 4. The minimum atomic E-state index is -0.695. The highest BCUT2D eigenvalue weighted by molar-refractivity contribution is 5.49. The SMILES string of the molecule is COc1ccc(O)c(CNc2ccc(O)c(F)c2)c1. The first kappa shape index (κ1) is 13.0. The summed E-state index contributed by atoms with van der Waals surface area (Å²) in [6.45, 7) is 0.313. The Morgan fingerprint density at radius 1 is 1.11 bits per heavy atom. The summed E-state index contributed by atoms with van der Waals surface area (Å²) >= 11 is 0. The van der Waals surface area contributed by atoms with Crippen LogP contribution in [0.2, 0.25) is 0 Å². The van der Waals surface area contributed by atoms with Crippen molar-refractivity contribution in [1.29, 1.82) is 0 Å². The van der Waals surface area contributed by atoms with Gasteiger partial charge in [-0.2, -0.15) is 0 Å². The average Bonchev–Trinajstić information content (AvgIpc) is 2.41. The van der Waals surface area contributed by atoms with Crippen molar-refractivity contribution in [2.75, 3.05) is 12.4 Å². The molecule has 0 spiro atoms. The fourth-order valence-corrected chi connectivity index (χ4v) is 1.64. The molecule has 4 nitrogen and oxygen atoms in total. The minimum absolute atomic E-state index is 0.132. The number of aromatic hydroxyl groups is 2. The Hall–Kier alpha value is -2.43. The van der Waals surface area contributed by atoms with Crippen molar-refractivity contribution in [2.24, 2.45) is 0 Å². The average molecular weight is 263 g/mol. The summed E-state index contributed by atoms with van der Waals surface area (Å²) in [5, 5.41) is 21.7. The molecule has 0 radical (unpaired) electrons. The zero-order chi connectivity index (χ0) is 13.8. The van der Waals surface area contributed by atoms with E-state index in [2.05, 4.69) is 5.32 Å². The van der Waals surface area contributed by atoms with E-state index in [0.717, 1.165) is 0 Å². The molecule has 2 aromatic rings. The van der Waals surface area contributed by atoms with Gasteiger partial charge in [0, 0.05) is 23.9 Å². The maximum atomic E-state index is 13.1. The second-order valence-corrected chi connectivity index (χ2v) is 4.01. The van der Waals surface area contributed by atoms with Gasteiger partial charge in [-0.15, -0.1) is 0 Å². The zero-order valence-electron chi connectivity index (χ0n) is 10.4. The Bertz CT molecular complexity index is 587. The second-order valence-electron chi connectivity index (χ2n) is 4.01. The highest BCUT2D eigenvalue weighted by Crippen LogP contribution is 2.25. The van der Waals surface area contributed by atoms with Crippen molar-refractivity contribution in [1.82, 2.24) is 0 Å². The first-order valence-corrected chi connectivity index (χ1v) is 5.68. The lowest BCUT2D eigenvalue weighted by molar-refractivity contribution is 0.411. The summed E-state index contributed by atoms with van der Waals surface area (Å²) in [5.41, 5.74) is 1.14. The summed E-state index contributed by atoms with van der Waals surface area (Å²) < 4.78 is 18.2. The van der Waals surface area contributed by atoms with E-state index in [1.807, 2.05) is 0 Å². The van der Waals surface area contributed by atoms with Crippen LogP contribution in [-0.4, -0.2) is 17.3 Å². The van der Waals surface area contributed by atoms with E-state index in [1.165, 1.54) is 18.2 Å². The molecule has 0 amide bonds. The van der Waals surface area contributed by atoms with Crippen molar-refractivity contribution in [3.05, 3.63) is 47.8 Å². The number of methoxy groups -OCH3 is 1. The molecule has 19 heavy (non-hydrogen) atoms. The molecule has 0 fully saturated rings. The van der Waals surface area contributed by atoms with E-state index in [1.54, 1.807) is 25.3 Å². The lowest BCUT2D eigenvalue weighted by Gasteiger charge is -2.10. The van der Waals surface area contributed by atoms with E-state index < -0.39 is 11.6 Å². The topological polar surface area (TPSA) is 61.7 Å². The standard InChI is InChI=1S/C14H14FNO3/c1-19-11-3-5-13(17)9(6-11)8-16-10-2-4-14(18)12(15)7-10/h2-7,16-18H,8H2,1H3.